The van der Waals surface area contributed by atoms with Crippen molar-refractivity contribution >= 4 is 50.0 Å². The molecule has 0 heterocycles. The lowest BCUT2D eigenvalue weighted by Crippen LogP contribution is -1.76. The zero-order chi connectivity index (χ0) is 9.97. The molecule has 0 bridgehead atoms. The van der Waals surface area contributed by atoms with Crippen molar-refractivity contribution in [3.05, 3.63) is 42.5 Å². The van der Waals surface area contributed by atoms with Gasteiger partial charge in [-0.2, -0.15) is 0 Å². The van der Waals surface area contributed by atoms with Crippen LogP contribution in [0.4, 0.5) is 0 Å². The lowest BCUT2D eigenvalue weighted by molar-refractivity contribution is 1.52. The van der Waals surface area contributed by atoms with Crippen molar-refractivity contribution in [2.75, 3.05) is 0 Å². The molecule has 70 valence electrons. The van der Waals surface area contributed by atoms with Crippen LogP contribution in [0.1, 0.15) is 0 Å². The SMILES string of the molecule is S=C(Cl)Sc1ccc2ccccc2c1. The Morgan fingerprint density at radius 1 is 1.07 bits per heavy atom. The molecule has 0 unspecified atom stereocenters. The Hall–Kier alpha value is -0.570. The van der Waals surface area contributed by atoms with Crippen LogP contribution in [0.15, 0.2) is 47.4 Å². The average Bonchev–Trinajstić information content (AvgIpc) is 2.17. The Morgan fingerprint density at radius 2 is 1.79 bits per heavy atom. The summed E-state index contributed by atoms with van der Waals surface area (Å²) in [4.78, 5) is 1.09. The number of benzene rings is 2. The number of fused-ring (bicyclic) bond motifs is 1. The second-order valence-electron chi connectivity index (χ2n) is 2.85. The van der Waals surface area contributed by atoms with Crippen molar-refractivity contribution in [1.29, 1.82) is 0 Å². The second kappa shape index (κ2) is 4.30. The molecule has 0 atom stereocenters. The first kappa shape index (κ1) is 9.97. The fourth-order valence-corrected chi connectivity index (χ4v) is 2.39. The normalized spacial score (nSPS) is 10.4. The van der Waals surface area contributed by atoms with E-state index in [9.17, 15) is 0 Å². The van der Waals surface area contributed by atoms with Gasteiger partial charge in [0.15, 0.2) is 0 Å². The monoisotopic (exact) mass is 238 g/mol. The highest BCUT2D eigenvalue weighted by molar-refractivity contribution is 8.26. The van der Waals surface area contributed by atoms with E-state index in [1.807, 2.05) is 18.2 Å². The number of hydrogen-bond acceptors (Lipinski definition) is 2. The predicted octanol–water partition coefficient (Wildman–Crippen LogP) is 4.46. The van der Waals surface area contributed by atoms with Crippen molar-refractivity contribution in [2.45, 2.75) is 4.90 Å². The third-order valence-electron chi connectivity index (χ3n) is 1.92. The Balaban J connectivity index is 2.46. The molecule has 2 aromatic rings. The van der Waals surface area contributed by atoms with Crippen LogP contribution in [0.2, 0.25) is 0 Å². The maximum Gasteiger partial charge on any atom is 0.141 e. The molecular formula is C11H7ClS2. The summed E-state index contributed by atoms with van der Waals surface area (Å²) < 4.78 is 0.431. The summed E-state index contributed by atoms with van der Waals surface area (Å²) in [7, 11) is 0. The van der Waals surface area contributed by atoms with Gasteiger partial charge in [0, 0.05) is 4.90 Å². The molecule has 0 aliphatic heterocycles. The third-order valence-corrected chi connectivity index (χ3v) is 3.05. The Bertz CT molecular complexity index is 479. The van der Waals surface area contributed by atoms with Crippen LogP contribution < -0.4 is 0 Å². The fraction of sp³-hybridized carbons (Fsp3) is 0. The van der Waals surface area contributed by atoms with Crippen LogP contribution >= 0.6 is 35.6 Å². The van der Waals surface area contributed by atoms with Gasteiger partial charge in [-0.15, -0.1) is 0 Å². The van der Waals surface area contributed by atoms with E-state index < -0.39 is 0 Å². The molecule has 0 aliphatic rings. The van der Waals surface area contributed by atoms with E-state index >= 15 is 0 Å². The van der Waals surface area contributed by atoms with Crippen LogP contribution in [-0.2, 0) is 0 Å². The van der Waals surface area contributed by atoms with Crippen molar-refractivity contribution in [3.63, 3.8) is 0 Å². The van der Waals surface area contributed by atoms with Gasteiger partial charge >= 0.3 is 0 Å². The molecule has 2 rings (SSSR count). The minimum atomic E-state index is 0.431. The molecule has 0 aromatic heterocycles. The van der Waals surface area contributed by atoms with Gasteiger partial charge in [0.2, 0.25) is 0 Å². The van der Waals surface area contributed by atoms with Gasteiger partial charge in [0.25, 0.3) is 0 Å². The number of rotatable bonds is 1. The van der Waals surface area contributed by atoms with E-state index in [1.54, 1.807) is 0 Å². The van der Waals surface area contributed by atoms with Crippen LogP contribution in [0.25, 0.3) is 10.8 Å². The lowest BCUT2D eigenvalue weighted by atomic mass is 10.1. The summed E-state index contributed by atoms with van der Waals surface area (Å²) in [6.07, 6.45) is 0. The first-order valence-electron chi connectivity index (χ1n) is 4.12. The van der Waals surface area contributed by atoms with Gasteiger partial charge in [-0.3, -0.25) is 0 Å². The number of thioether (sulfide) groups is 1. The van der Waals surface area contributed by atoms with Crippen LogP contribution in [0, 0.1) is 0 Å². The highest BCUT2D eigenvalue weighted by atomic mass is 35.5. The zero-order valence-electron chi connectivity index (χ0n) is 7.24. The first-order chi connectivity index (χ1) is 6.75. The highest BCUT2D eigenvalue weighted by Crippen LogP contribution is 2.25. The van der Waals surface area contributed by atoms with Crippen molar-refractivity contribution in [2.24, 2.45) is 0 Å². The smallest absolute Gasteiger partial charge is 0.0662 e. The van der Waals surface area contributed by atoms with E-state index in [0.29, 0.717) is 3.66 Å². The summed E-state index contributed by atoms with van der Waals surface area (Å²) in [5, 5.41) is 2.45. The predicted molar refractivity (Wildman–Crippen MR) is 68.3 cm³/mol. The average molecular weight is 239 g/mol. The Labute approximate surface area is 97.3 Å². The quantitative estimate of drug-likeness (QED) is 0.409. The van der Waals surface area contributed by atoms with Crippen molar-refractivity contribution in [3.8, 4) is 0 Å². The van der Waals surface area contributed by atoms with Crippen LogP contribution in [0.3, 0.4) is 0 Å². The maximum absolute atomic E-state index is 5.66. The van der Waals surface area contributed by atoms with Crippen LogP contribution in [0.5, 0.6) is 0 Å². The van der Waals surface area contributed by atoms with E-state index in [2.05, 4.69) is 24.3 Å². The molecule has 2 aromatic carbocycles. The molecule has 14 heavy (non-hydrogen) atoms. The molecule has 0 saturated carbocycles. The van der Waals surface area contributed by atoms with E-state index in [4.69, 9.17) is 23.8 Å². The third kappa shape index (κ3) is 2.27. The van der Waals surface area contributed by atoms with Gasteiger partial charge in [0.05, 0.1) is 0 Å². The Kier molecular flexibility index (Phi) is 3.06. The molecule has 0 fully saturated rings. The molecule has 0 nitrogen and oxygen atoms in total. The number of halogens is 1. The summed E-state index contributed by atoms with van der Waals surface area (Å²) >= 11 is 11.9. The van der Waals surface area contributed by atoms with Crippen molar-refractivity contribution in [1.82, 2.24) is 0 Å². The Morgan fingerprint density at radius 3 is 2.50 bits per heavy atom. The first-order valence-corrected chi connectivity index (χ1v) is 5.72. The zero-order valence-corrected chi connectivity index (χ0v) is 9.62. The molecule has 0 radical (unpaired) electrons. The summed E-state index contributed by atoms with van der Waals surface area (Å²) in [5.74, 6) is 0. The minimum Gasteiger partial charge on any atom is -0.0662 e. The maximum atomic E-state index is 5.66. The van der Waals surface area contributed by atoms with Gasteiger partial charge in [-0.1, -0.05) is 65.9 Å². The lowest BCUT2D eigenvalue weighted by Gasteiger charge is -2.00. The van der Waals surface area contributed by atoms with Gasteiger partial charge in [0.1, 0.15) is 3.66 Å². The molecule has 0 N–H and O–H groups in total. The molecule has 0 saturated heterocycles. The topological polar surface area (TPSA) is 0 Å². The van der Waals surface area contributed by atoms with E-state index in [1.165, 1.54) is 22.5 Å². The van der Waals surface area contributed by atoms with Crippen molar-refractivity contribution < 1.29 is 0 Å². The minimum absolute atomic E-state index is 0.431. The molecule has 3 heteroatoms. The summed E-state index contributed by atoms with van der Waals surface area (Å²) in [5.41, 5.74) is 0. The fourth-order valence-electron chi connectivity index (χ4n) is 1.32. The number of hydrogen-bond donors (Lipinski definition) is 0. The molecular weight excluding hydrogens is 232 g/mol. The second-order valence-corrected chi connectivity index (χ2v) is 5.43. The standard InChI is InChI=1S/C11H7ClS2/c12-11(13)14-10-6-5-8-3-1-2-4-9(8)7-10/h1-7H. The molecule has 0 spiro atoms. The molecule has 0 aliphatic carbocycles. The van der Waals surface area contributed by atoms with E-state index in [-0.39, 0.29) is 0 Å². The molecule has 0 amide bonds. The van der Waals surface area contributed by atoms with Gasteiger partial charge in [-0.25, -0.2) is 0 Å². The highest BCUT2D eigenvalue weighted by Gasteiger charge is 1.98. The van der Waals surface area contributed by atoms with E-state index in [0.717, 1.165) is 4.90 Å². The van der Waals surface area contributed by atoms with Gasteiger partial charge in [-0.05, 0) is 22.9 Å². The summed E-state index contributed by atoms with van der Waals surface area (Å²) in [6, 6.07) is 14.4. The summed E-state index contributed by atoms with van der Waals surface area (Å²) in [6.45, 7) is 0. The largest absolute Gasteiger partial charge is 0.141 e. The van der Waals surface area contributed by atoms with Crippen LogP contribution in [-0.4, -0.2) is 3.66 Å². The van der Waals surface area contributed by atoms with Gasteiger partial charge < -0.3 is 0 Å². The number of thiocarbonyl (C=S) groups is 1.